The van der Waals surface area contributed by atoms with Crippen molar-refractivity contribution in [2.45, 2.75) is 19.0 Å². The van der Waals surface area contributed by atoms with Gasteiger partial charge in [-0.1, -0.05) is 4.68 Å². The fraction of sp³-hybridized carbons (Fsp3) is 0.375. The lowest BCUT2D eigenvalue weighted by molar-refractivity contribution is -0.747. The van der Waals surface area contributed by atoms with Crippen molar-refractivity contribution >= 4 is 17.5 Å². The second-order valence-corrected chi connectivity index (χ2v) is 5.83. The minimum absolute atomic E-state index is 0.0462. The zero-order valence-corrected chi connectivity index (χ0v) is 14.1. The van der Waals surface area contributed by atoms with E-state index in [2.05, 4.69) is 9.79 Å². The molecule has 9 nitrogen and oxygen atoms in total. The van der Waals surface area contributed by atoms with Gasteiger partial charge in [0.05, 0.1) is 37.1 Å². The largest absolute Gasteiger partial charge is 0.539 e. The van der Waals surface area contributed by atoms with Crippen LogP contribution < -0.4 is 19.4 Å². The van der Waals surface area contributed by atoms with E-state index < -0.39 is 12.0 Å². The zero-order chi connectivity index (χ0) is 18.1. The van der Waals surface area contributed by atoms with E-state index in [1.165, 1.54) is 4.68 Å². The van der Waals surface area contributed by atoms with Crippen molar-refractivity contribution in [3.8, 4) is 11.7 Å². The summed E-state index contributed by atoms with van der Waals surface area (Å²) in [7, 11) is 4.81. The van der Waals surface area contributed by atoms with Gasteiger partial charge >= 0.3 is 0 Å². The Kier molecular flexibility index (Phi) is 4.41. The van der Waals surface area contributed by atoms with Crippen LogP contribution in [-0.2, 0) is 23.2 Å². The van der Waals surface area contributed by atoms with Crippen molar-refractivity contribution in [1.82, 2.24) is 10.2 Å². The second kappa shape index (κ2) is 6.52. The molecule has 3 rings (SSSR count). The number of imide groups is 1. The summed E-state index contributed by atoms with van der Waals surface area (Å²) >= 11 is 0. The summed E-state index contributed by atoms with van der Waals surface area (Å²) in [6.07, 6.45) is 0.0462. The first-order valence-corrected chi connectivity index (χ1v) is 7.65. The minimum atomic E-state index is -0.649. The zero-order valence-electron chi connectivity index (χ0n) is 14.1. The number of benzene rings is 1. The summed E-state index contributed by atoms with van der Waals surface area (Å²) in [4.78, 5) is 27.9. The molecule has 25 heavy (non-hydrogen) atoms. The van der Waals surface area contributed by atoms with Crippen LogP contribution in [0.1, 0.15) is 12.1 Å². The number of likely N-dealkylation sites (N-methyl/N-ethyl adjacent to an activating group) is 1. The highest BCUT2D eigenvalue weighted by Gasteiger charge is 2.42. The fourth-order valence-corrected chi connectivity index (χ4v) is 2.81. The molecule has 1 aliphatic heterocycles. The monoisotopic (exact) mass is 346 g/mol. The fourth-order valence-electron chi connectivity index (χ4n) is 2.81. The number of carbonyl (C=O) groups excluding carboxylic acids is 2. The molecule has 2 aromatic rings. The second-order valence-electron chi connectivity index (χ2n) is 5.83. The molecule has 1 unspecified atom stereocenters. The summed E-state index contributed by atoms with van der Waals surface area (Å²) in [5, 5.41) is 15.2. The highest BCUT2D eigenvalue weighted by atomic mass is 16.6. The molecule has 132 valence electrons. The number of hydrogen-bond donors (Lipinski definition) is 0. The van der Waals surface area contributed by atoms with Crippen LogP contribution in [0.4, 0.5) is 5.69 Å². The molecule has 0 aliphatic carbocycles. The molecular weight excluding hydrogens is 328 g/mol. The van der Waals surface area contributed by atoms with Crippen molar-refractivity contribution < 1.29 is 28.6 Å². The number of carbonyl (C=O) groups is 2. The number of amides is 2. The molecule has 1 aliphatic rings. The van der Waals surface area contributed by atoms with E-state index in [1.54, 1.807) is 50.4 Å². The Hall–Kier alpha value is -2.94. The van der Waals surface area contributed by atoms with Gasteiger partial charge in [0, 0.05) is 0 Å². The minimum Gasteiger partial charge on any atom is -0.539 e. The normalized spacial score (nSPS) is 17.6. The van der Waals surface area contributed by atoms with Gasteiger partial charge in [0.2, 0.25) is 11.6 Å². The van der Waals surface area contributed by atoms with Crippen LogP contribution in [0.2, 0.25) is 0 Å². The molecule has 0 N–H and O–H groups in total. The van der Waals surface area contributed by atoms with Gasteiger partial charge < -0.3 is 14.4 Å². The van der Waals surface area contributed by atoms with E-state index >= 15 is 0 Å². The number of aromatic nitrogens is 2. The Labute approximate surface area is 144 Å². The van der Waals surface area contributed by atoms with Gasteiger partial charge in [-0.25, -0.2) is 4.90 Å². The summed E-state index contributed by atoms with van der Waals surface area (Å²) in [6.45, 7) is 0.152. The highest BCUT2D eigenvalue weighted by Crippen LogP contribution is 2.27. The van der Waals surface area contributed by atoms with Gasteiger partial charge in [-0.3, -0.25) is 14.5 Å². The van der Waals surface area contributed by atoms with E-state index in [0.717, 1.165) is 4.90 Å². The van der Waals surface area contributed by atoms with Crippen molar-refractivity contribution in [1.29, 1.82) is 0 Å². The van der Waals surface area contributed by atoms with Crippen molar-refractivity contribution in [3.63, 3.8) is 0 Å². The maximum Gasteiger partial charge on any atom is 0.251 e. The number of ether oxygens (including phenoxy) is 1. The van der Waals surface area contributed by atoms with Crippen LogP contribution in [0.5, 0.6) is 11.7 Å². The molecule has 9 heteroatoms. The smallest absolute Gasteiger partial charge is 0.251 e. The van der Waals surface area contributed by atoms with E-state index in [4.69, 9.17) is 4.74 Å². The van der Waals surface area contributed by atoms with Crippen LogP contribution in [-0.4, -0.2) is 42.2 Å². The average Bonchev–Trinajstić information content (AvgIpc) is 3.08. The van der Waals surface area contributed by atoms with Gasteiger partial charge in [-0.2, -0.15) is 0 Å². The average molecular weight is 346 g/mol. The Morgan fingerprint density at radius 3 is 2.64 bits per heavy atom. The van der Waals surface area contributed by atoms with E-state index in [9.17, 15) is 14.7 Å². The standard InChI is InChI=1S/C16H18N4O5/c1-18(9-13-16(23)25-17-19(13)2)12-8-14(21)20(15(12)22)10-4-6-11(24-3)7-5-10/h4-7,12H,8-9H2,1-3H3. The Balaban J connectivity index is 1.78. The molecule has 1 saturated heterocycles. The number of methoxy groups -OCH3 is 1. The van der Waals surface area contributed by atoms with E-state index in [-0.39, 0.29) is 24.8 Å². The van der Waals surface area contributed by atoms with Gasteiger partial charge in [0.1, 0.15) is 5.75 Å². The first-order valence-electron chi connectivity index (χ1n) is 7.65. The number of aryl methyl sites for hydroxylation is 1. The lowest BCUT2D eigenvalue weighted by Crippen LogP contribution is -2.43. The number of hydrogen-bond acceptors (Lipinski definition) is 7. The summed E-state index contributed by atoms with van der Waals surface area (Å²) in [5.74, 6) is -0.536. The van der Waals surface area contributed by atoms with Crippen molar-refractivity contribution in [2.75, 3.05) is 19.1 Å². The topological polar surface area (TPSA) is 103 Å². The molecule has 2 heterocycles. The Morgan fingerprint density at radius 1 is 1.40 bits per heavy atom. The third-order valence-corrected chi connectivity index (χ3v) is 4.26. The molecule has 0 saturated carbocycles. The maximum atomic E-state index is 12.7. The van der Waals surface area contributed by atoms with Crippen molar-refractivity contribution in [2.24, 2.45) is 7.05 Å². The number of nitrogens with zero attached hydrogens (tertiary/aromatic N) is 4. The third-order valence-electron chi connectivity index (χ3n) is 4.26. The summed E-state index contributed by atoms with van der Waals surface area (Å²) in [5.41, 5.74) is 0.803. The van der Waals surface area contributed by atoms with E-state index in [1.807, 2.05) is 0 Å². The predicted octanol–water partition coefficient (Wildman–Crippen LogP) is -0.655. The molecular formula is C16H18N4O5. The molecule has 1 atom stereocenters. The SMILES string of the molecule is COc1ccc(N2C(=O)CC(N(C)Cc3c([O-])on[n+]3C)C2=O)cc1. The molecule has 0 radical (unpaired) electrons. The number of anilines is 1. The highest BCUT2D eigenvalue weighted by molar-refractivity contribution is 6.22. The van der Waals surface area contributed by atoms with Crippen LogP contribution in [0.3, 0.4) is 0 Å². The van der Waals surface area contributed by atoms with Crippen LogP contribution in [0, 0.1) is 0 Å². The van der Waals surface area contributed by atoms with Gasteiger partial charge in [-0.15, -0.1) is 0 Å². The molecule has 1 aromatic carbocycles. The Morgan fingerprint density at radius 2 is 2.08 bits per heavy atom. The quantitative estimate of drug-likeness (QED) is 0.523. The molecule has 1 fully saturated rings. The lowest BCUT2D eigenvalue weighted by atomic mass is 10.2. The van der Waals surface area contributed by atoms with Gasteiger partial charge in [-0.05, 0) is 31.3 Å². The molecule has 2 amide bonds. The summed E-state index contributed by atoms with van der Waals surface area (Å²) < 4.78 is 11.0. The molecule has 0 spiro atoms. The van der Waals surface area contributed by atoms with Crippen LogP contribution in [0.25, 0.3) is 0 Å². The van der Waals surface area contributed by atoms with Crippen LogP contribution in [0.15, 0.2) is 28.8 Å². The predicted molar refractivity (Wildman–Crippen MR) is 82.5 cm³/mol. The maximum absolute atomic E-state index is 12.7. The van der Waals surface area contributed by atoms with E-state index in [0.29, 0.717) is 17.1 Å². The first kappa shape index (κ1) is 16.9. The van der Waals surface area contributed by atoms with Gasteiger partial charge in [0.25, 0.3) is 5.91 Å². The van der Waals surface area contributed by atoms with Gasteiger partial charge in [0.15, 0.2) is 13.0 Å². The summed E-state index contributed by atoms with van der Waals surface area (Å²) in [6, 6.07) is 6.05. The number of rotatable bonds is 5. The third kappa shape index (κ3) is 3.05. The van der Waals surface area contributed by atoms with Crippen LogP contribution >= 0.6 is 0 Å². The molecule has 1 aromatic heterocycles. The lowest BCUT2D eigenvalue weighted by Gasteiger charge is -2.21. The first-order chi connectivity index (χ1) is 11.9. The Bertz CT molecular complexity index is 782. The molecule has 0 bridgehead atoms. The van der Waals surface area contributed by atoms with Crippen molar-refractivity contribution in [3.05, 3.63) is 30.0 Å².